The lowest BCUT2D eigenvalue weighted by Crippen LogP contribution is -2.29. The number of rotatable bonds is 7. The highest BCUT2D eigenvalue weighted by atomic mass is 16.5. The van der Waals surface area contributed by atoms with E-state index in [2.05, 4.69) is 10.3 Å². The van der Waals surface area contributed by atoms with Crippen molar-refractivity contribution in [2.24, 2.45) is 5.92 Å². The van der Waals surface area contributed by atoms with E-state index in [-0.39, 0.29) is 30.3 Å². The van der Waals surface area contributed by atoms with E-state index >= 15 is 0 Å². The van der Waals surface area contributed by atoms with Crippen LogP contribution in [-0.2, 0) is 27.2 Å². The van der Waals surface area contributed by atoms with Gasteiger partial charge in [-0.2, -0.15) is 0 Å². The number of benzene rings is 1. The van der Waals surface area contributed by atoms with Gasteiger partial charge in [-0.1, -0.05) is 32.0 Å². The van der Waals surface area contributed by atoms with Crippen LogP contribution in [0.3, 0.4) is 0 Å². The molecule has 1 heterocycles. The lowest BCUT2D eigenvalue weighted by atomic mass is 10.1. The monoisotopic (exact) mass is 330 g/mol. The van der Waals surface area contributed by atoms with Crippen LogP contribution in [0.15, 0.2) is 24.3 Å². The predicted octanol–water partition coefficient (Wildman–Crippen LogP) is 2.98. The number of aromatic amines is 1. The molecule has 1 amide bonds. The molecule has 0 unspecified atom stereocenters. The van der Waals surface area contributed by atoms with Crippen LogP contribution >= 0.6 is 0 Å². The highest BCUT2D eigenvalue weighted by molar-refractivity contribution is 5.86. The van der Waals surface area contributed by atoms with Gasteiger partial charge in [-0.3, -0.25) is 9.59 Å². The Kier molecular flexibility index (Phi) is 6.01. The van der Waals surface area contributed by atoms with Crippen molar-refractivity contribution in [1.82, 2.24) is 10.3 Å². The smallest absolute Gasteiger partial charge is 0.312 e. The fraction of sp³-hybridized carbons (Fsp3) is 0.474. The van der Waals surface area contributed by atoms with Gasteiger partial charge in [0.25, 0.3) is 0 Å². The largest absolute Gasteiger partial charge is 0.463 e. The van der Waals surface area contributed by atoms with E-state index in [1.807, 2.05) is 52.0 Å². The molecule has 0 fully saturated rings. The summed E-state index contributed by atoms with van der Waals surface area (Å²) in [6, 6.07) is 7.95. The minimum atomic E-state index is -0.246. The number of aromatic nitrogens is 1. The van der Waals surface area contributed by atoms with E-state index in [1.54, 1.807) is 0 Å². The molecule has 0 aliphatic rings. The van der Waals surface area contributed by atoms with Gasteiger partial charge in [-0.15, -0.1) is 0 Å². The molecule has 2 N–H and O–H groups in total. The minimum Gasteiger partial charge on any atom is -0.463 e. The van der Waals surface area contributed by atoms with E-state index in [9.17, 15) is 9.59 Å². The van der Waals surface area contributed by atoms with Crippen LogP contribution in [0.4, 0.5) is 0 Å². The first-order valence-corrected chi connectivity index (χ1v) is 8.44. The Morgan fingerprint density at radius 3 is 2.54 bits per heavy atom. The van der Waals surface area contributed by atoms with Crippen LogP contribution in [0.5, 0.6) is 0 Å². The maximum atomic E-state index is 12.0. The number of hydrogen-bond donors (Lipinski definition) is 2. The number of ether oxygens (including phenoxy) is 1. The van der Waals surface area contributed by atoms with Crippen LogP contribution in [0.1, 0.15) is 39.0 Å². The minimum absolute atomic E-state index is 0.0338. The molecule has 2 rings (SSSR count). The molecule has 5 heteroatoms. The zero-order valence-corrected chi connectivity index (χ0v) is 14.8. The number of esters is 1. The van der Waals surface area contributed by atoms with Crippen LogP contribution in [0.2, 0.25) is 0 Å². The maximum absolute atomic E-state index is 12.0. The Labute approximate surface area is 142 Å². The highest BCUT2D eigenvalue weighted by Gasteiger charge is 2.16. The van der Waals surface area contributed by atoms with Crippen molar-refractivity contribution in [2.75, 3.05) is 6.54 Å². The van der Waals surface area contributed by atoms with Crippen molar-refractivity contribution in [3.63, 3.8) is 0 Å². The van der Waals surface area contributed by atoms with Crippen LogP contribution in [-0.4, -0.2) is 29.5 Å². The molecule has 1 aromatic carbocycles. The van der Waals surface area contributed by atoms with Crippen molar-refractivity contribution in [3.8, 4) is 0 Å². The van der Waals surface area contributed by atoms with E-state index < -0.39 is 0 Å². The fourth-order valence-electron chi connectivity index (χ4n) is 2.66. The van der Waals surface area contributed by atoms with Gasteiger partial charge in [0, 0.05) is 29.1 Å². The number of para-hydroxylation sites is 1. The Hall–Kier alpha value is -2.30. The summed E-state index contributed by atoms with van der Waals surface area (Å²) in [5.41, 5.74) is 2.92. The van der Waals surface area contributed by atoms with Crippen LogP contribution in [0, 0.1) is 5.92 Å². The molecular weight excluding hydrogens is 304 g/mol. The molecule has 0 aliphatic carbocycles. The van der Waals surface area contributed by atoms with Crippen molar-refractivity contribution in [3.05, 3.63) is 35.5 Å². The summed E-state index contributed by atoms with van der Waals surface area (Å²) in [6.45, 7) is 7.96. The van der Waals surface area contributed by atoms with Gasteiger partial charge in [0.2, 0.25) is 5.91 Å². The molecule has 0 radical (unpaired) electrons. The van der Waals surface area contributed by atoms with Gasteiger partial charge in [-0.05, 0) is 31.9 Å². The molecular formula is C19H26N2O3. The fourth-order valence-corrected chi connectivity index (χ4v) is 2.66. The zero-order chi connectivity index (χ0) is 17.7. The van der Waals surface area contributed by atoms with Gasteiger partial charge in [0.1, 0.15) is 0 Å². The SMILES string of the molecule is CC(C)OC(=O)Cc1[nH]c2ccccc2c1CCNC(=O)C(C)C. The molecule has 0 bridgehead atoms. The second-order valence-electron chi connectivity index (χ2n) is 6.54. The highest BCUT2D eigenvalue weighted by Crippen LogP contribution is 2.23. The first-order chi connectivity index (χ1) is 11.4. The maximum Gasteiger partial charge on any atom is 0.312 e. The number of amides is 1. The van der Waals surface area contributed by atoms with Gasteiger partial charge in [0.15, 0.2) is 0 Å². The number of hydrogen-bond acceptors (Lipinski definition) is 3. The van der Waals surface area contributed by atoms with Gasteiger partial charge in [0.05, 0.1) is 12.5 Å². The molecule has 24 heavy (non-hydrogen) atoms. The van der Waals surface area contributed by atoms with Crippen molar-refractivity contribution >= 4 is 22.8 Å². The molecule has 5 nitrogen and oxygen atoms in total. The van der Waals surface area contributed by atoms with Gasteiger partial charge >= 0.3 is 5.97 Å². The summed E-state index contributed by atoms with van der Waals surface area (Å²) < 4.78 is 5.25. The third kappa shape index (κ3) is 4.60. The predicted molar refractivity (Wildman–Crippen MR) is 94.8 cm³/mol. The van der Waals surface area contributed by atoms with E-state index in [0.717, 1.165) is 22.2 Å². The van der Waals surface area contributed by atoms with Crippen LogP contribution < -0.4 is 5.32 Å². The standard InChI is InChI=1S/C19H26N2O3/c1-12(2)19(23)20-10-9-15-14-7-5-6-8-16(14)21-17(15)11-18(22)24-13(3)4/h5-8,12-13,21H,9-11H2,1-4H3,(H,20,23). The molecule has 1 aromatic heterocycles. The van der Waals surface area contributed by atoms with Gasteiger partial charge < -0.3 is 15.0 Å². The zero-order valence-electron chi connectivity index (χ0n) is 14.8. The summed E-state index contributed by atoms with van der Waals surface area (Å²) in [5, 5.41) is 4.02. The number of H-pyrrole nitrogens is 1. The Morgan fingerprint density at radius 2 is 1.88 bits per heavy atom. The normalized spacial score (nSPS) is 11.2. The van der Waals surface area contributed by atoms with E-state index in [4.69, 9.17) is 4.74 Å². The van der Waals surface area contributed by atoms with E-state index in [0.29, 0.717) is 13.0 Å². The Balaban J connectivity index is 2.17. The first kappa shape index (κ1) is 18.0. The van der Waals surface area contributed by atoms with Crippen LogP contribution in [0.25, 0.3) is 10.9 Å². The Bertz CT molecular complexity index is 716. The summed E-state index contributed by atoms with van der Waals surface area (Å²) in [5.74, 6) is -0.243. The Morgan fingerprint density at radius 1 is 1.17 bits per heavy atom. The summed E-state index contributed by atoms with van der Waals surface area (Å²) in [6.07, 6.45) is 0.753. The second-order valence-corrected chi connectivity index (χ2v) is 6.54. The molecule has 0 aliphatic heterocycles. The summed E-state index contributed by atoms with van der Waals surface area (Å²) >= 11 is 0. The molecule has 0 saturated heterocycles. The first-order valence-electron chi connectivity index (χ1n) is 8.44. The average Bonchev–Trinajstić information content (AvgIpc) is 2.83. The second kappa shape index (κ2) is 7.99. The van der Waals surface area contributed by atoms with E-state index in [1.165, 1.54) is 0 Å². The lowest BCUT2D eigenvalue weighted by Gasteiger charge is -2.10. The molecule has 0 atom stereocenters. The number of carbonyl (C=O) groups is 2. The quantitative estimate of drug-likeness (QED) is 0.767. The van der Waals surface area contributed by atoms with Crippen molar-refractivity contribution < 1.29 is 14.3 Å². The van der Waals surface area contributed by atoms with Gasteiger partial charge in [-0.25, -0.2) is 0 Å². The summed E-state index contributed by atoms with van der Waals surface area (Å²) in [4.78, 5) is 27.1. The third-order valence-corrected chi connectivity index (χ3v) is 3.79. The average molecular weight is 330 g/mol. The number of carbonyl (C=O) groups excluding carboxylic acids is 2. The third-order valence-electron chi connectivity index (χ3n) is 3.79. The molecule has 130 valence electrons. The number of nitrogens with one attached hydrogen (secondary N) is 2. The molecule has 0 spiro atoms. The van der Waals surface area contributed by atoms with Crippen molar-refractivity contribution in [2.45, 2.75) is 46.6 Å². The summed E-state index contributed by atoms with van der Waals surface area (Å²) in [7, 11) is 0. The molecule has 0 saturated carbocycles. The lowest BCUT2D eigenvalue weighted by molar-refractivity contribution is -0.146. The van der Waals surface area contributed by atoms with Crippen molar-refractivity contribution in [1.29, 1.82) is 0 Å². The number of fused-ring (bicyclic) bond motifs is 1. The topological polar surface area (TPSA) is 71.2 Å². The molecule has 2 aromatic rings.